The van der Waals surface area contributed by atoms with E-state index in [0.717, 1.165) is 39.0 Å². The van der Waals surface area contributed by atoms with Crippen molar-refractivity contribution in [2.45, 2.75) is 32.6 Å². The molecule has 0 aromatic carbocycles. The van der Waals surface area contributed by atoms with Crippen molar-refractivity contribution in [2.24, 2.45) is 17.6 Å². The average Bonchev–Trinajstić information content (AvgIpc) is 2.79. The molecule has 2 unspecified atom stereocenters. The van der Waals surface area contributed by atoms with Crippen molar-refractivity contribution in [2.75, 3.05) is 26.3 Å². The Morgan fingerprint density at radius 1 is 1.62 bits per heavy atom. The molecule has 94 valence electrons. The molecule has 1 rings (SSSR count). The number of hydrogen-bond donors (Lipinski definition) is 2. The molecule has 1 saturated heterocycles. The van der Waals surface area contributed by atoms with E-state index in [4.69, 9.17) is 10.5 Å². The number of nitrogens with two attached hydrogens (primary N) is 1. The van der Waals surface area contributed by atoms with Crippen molar-refractivity contribution in [1.82, 2.24) is 5.32 Å². The molecule has 0 saturated carbocycles. The van der Waals surface area contributed by atoms with Crippen LogP contribution >= 0.6 is 0 Å². The lowest BCUT2D eigenvalue weighted by atomic mass is 10.0. The Bertz CT molecular complexity index is 199. The van der Waals surface area contributed by atoms with Gasteiger partial charge in [-0.1, -0.05) is 13.3 Å². The van der Waals surface area contributed by atoms with E-state index in [1.54, 1.807) is 0 Å². The third-order valence-electron chi connectivity index (χ3n) is 3.28. The molecule has 0 aromatic rings. The van der Waals surface area contributed by atoms with Crippen molar-refractivity contribution < 1.29 is 9.53 Å². The summed E-state index contributed by atoms with van der Waals surface area (Å²) in [5.41, 5.74) is 5.56. The molecule has 1 heterocycles. The fourth-order valence-electron chi connectivity index (χ4n) is 1.96. The van der Waals surface area contributed by atoms with Gasteiger partial charge < -0.3 is 15.8 Å². The zero-order valence-electron chi connectivity index (χ0n) is 10.2. The summed E-state index contributed by atoms with van der Waals surface area (Å²) in [5, 5.41) is 2.96. The molecule has 1 amide bonds. The van der Waals surface area contributed by atoms with Gasteiger partial charge in [-0.15, -0.1) is 0 Å². The highest BCUT2D eigenvalue weighted by Gasteiger charge is 2.16. The Hall–Kier alpha value is -0.610. The lowest BCUT2D eigenvalue weighted by molar-refractivity contribution is -0.122. The Kier molecular flexibility index (Phi) is 6.42. The van der Waals surface area contributed by atoms with Crippen molar-refractivity contribution >= 4 is 5.91 Å². The van der Waals surface area contributed by atoms with Crippen LogP contribution in [0, 0.1) is 11.8 Å². The molecule has 4 nitrogen and oxygen atoms in total. The van der Waals surface area contributed by atoms with Gasteiger partial charge in [0.15, 0.2) is 0 Å². The van der Waals surface area contributed by atoms with Gasteiger partial charge in [0.25, 0.3) is 0 Å². The predicted molar refractivity (Wildman–Crippen MR) is 64.0 cm³/mol. The molecule has 0 aliphatic carbocycles. The van der Waals surface area contributed by atoms with Crippen molar-refractivity contribution in [3.05, 3.63) is 0 Å². The monoisotopic (exact) mass is 228 g/mol. The quantitative estimate of drug-likeness (QED) is 0.680. The summed E-state index contributed by atoms with van der Waals surface area (Å²) in [6.07, 6.45) is 3.70. The fourth-order valence-corrected chi connectivity index (χ4v) is 1.96. The summed E-state index contributed by atoms with van der Waals surface area (Å²) in [4.78, 5) is 11.5. The Labute approximate surface area is 97.9 Å². The Morgan fingerprint density at radius 2 is 2.44 bits per heavy atom. The summed E-state index contributed by atoms with van der Waals surface area (Å²) >= 11 is 0. The second-order valence-electron chi connectivity index (χ2n) is 4.58. The highest BCUT2D eigenvalue weighted by Crippen LogP contribution is 2.15. The first-order chi connectivity index (χ1) is 7.76. The van der Waals surface area contributed by atoms with E-state index in [1.165, 1.54) is 0 Å². The number of ether oxygens (including phenoxy) is 1. The summed E-state index contributed by atoms with van der Waals surface area (Å²) in [7, 11) is 0. The number of amides is 1. The zero-order valence-corrected chi connectivity index (χ0v) is 10.2. The van der Waals surface area contributed by atoms with Crippen LogP contribution in [0.1, 0.15) is 32.6 Å². The van der Waals surface area contributed by atoms with Crippen LogP contribution in [0.15, 0.2) is 0 Å². The molecule has 1 aliphatic rings. The molecule has 2 atom stereocenters. The maximum atomic E-state index is 11.5. The van der Waals surface area contributed by atoms with Crippen molar-refractivity contribution in [3.63, 3.8) is 0 Å². The van der Waals surface area contributed by atoms with Gasteiger partial charge in [0.1, 0.15) is 0 Å². The maximum Gasteiger partial charge on any atom is 0.220 e. The molecule has 0 spiro atoms. The summed E-state index contributed by atoms with van der Waals surface area (Å²) < 4.78 is 5.28. The standard InChI is InChI=1S/C12H24N2O2/c1-2-10(8-13)7-12(15)14-5-3-11-4-6-16-9-11/h10-11H,2-9,13H2,1H3,(H,14,15). The second kappa shape index (κ2) is 7.63. The van der Waals surface area contributed by atoms with Crippen LogP contribution in [0.2, 0.25) is 0 Å². The van der Waals surface area contributed by atoms with Crippen molar-refractivity contribution in [1.29, 1.82) is 0 Å². The van der Waals surface area contributed by atoms with Crippen molar-refractivity contribution in [3.8, 4) is 0 Å². The van der Waals surface area contributed by atoms with E-state index in [-0.39, 0.29) is 5.91 Å². The molecule has 1 aliphatic heterocycles. The SMILES string of the molecule is CCC(CN)CC(=O)NCCC1CCOC1. The highest BCUT2D eigenvalue weighted by atomic mass is 16.5. The van der Waals surface area contributed by atoms with Gasteiger partial charge in [0.2, 0.25) is 5.91 Å². The van der Waals surface area contributed by atoms with Gasteiger partial charge in [0, 0.05) is 26.2 Å². The molecular formula is C12H24N2O2. The third-order valence-corrected chi connectivity index (χ3v) is 3.28. The first kappa shape index (κ1) is 13.5. The topological polar surface area (TPSA) is 64.4 Å². The van der Waals surface area contributed by atoms with E-state index in [2.05, 4.69) is 12.2 Å². The van der Waals surface area contributed by atoms with E-state index in [9.17, 15) is 4.79 Å². The summed E-state index contributed by atoms with van der Waals surface area (Å²) in [5.74, 6) is 1.10. The van der Waals surface area contributed by atoms with Crippen LogP contribution < -0.4 is 11.1 Å². The van der Waals surface area contributed by atoms with Crippen LogP contribution in [-0.2, 0) is 9.53 Å². The minimum Gasteiger partial charge on any atom is -0.381 e. The molecule has 0 bridgehead atoms. The number of carbonyl (C=O) groups excluding carboxylic acids is 1. The highest BCUT2D eigenvalue weighted by molar-refractivity contribution is 5.76. The van der Waals surface area contributed by atoms with Gasteiger partial charge in [-0.3, -0.25) is 4.79 Å². The molecule has 16 heavy (non-hydrogen) atoms. The van der Waals surface area contributed by atoms with Crippen LogP contribution in [0.5, 0.6) is 0 Å². The number of nitrogens with one attached hydrogen (secondary N) is 1. The predicted octanol–water partition coefficient (Wildman–Crippen LogP) is 0.904. The van der Waals surface area contributed by atoms with Crippen LogP contribution in [-0.4, -0.2) is 32.2 Å². The minimum absolute atomic E-state index is 0.135. The van der Waals surface area contributed by atoms with Gasteiger partial charge in [0.05, 0.1) is 0 Å². The fraction of sp³-hybridized carbons (Fsp3) is 0.917. The molecule has 0 radical (unpaired) electrons. The zero-order chi connectivity index (χ0) is 11.8. The Balaban J connectivity index is 2.05. The van der Waals surface area contributed by atoms with E-state index < -0.39 is 0 Å². The average molecular weight is 228 g/mol. The summed E-state index contributed by atoms with van der Waals surface area (Å²) in [6, 6.07) is 0. The van der Waals surface area contributed by atoms with E-state index in [0.29, 0.717) is 24.8 Å². The minimum atomic E-state index is 0.135. The smallest absolute Gasteiger partial charge is 0.220 e. The molecular weight excluding hydrogens is 204 g/mol. The molecule has 0 aromatic heterocycles. The Morgan fingerprint density at radius 3 is 3.00 bits per heavy atom. The largest absolute Gasteiger partial charge is 0.381 e. The number of carbonyl (C=O) groups is 1. The number of rotatable bonds is 7. The van der Waals surface area contributed by atoms with Gasteiger partial charge in [-0.2, -0.15) is 0 Å². The third kappa shape index (κ3) is 4.94. The van der Waals surface area contributed by atoms with Gasteiger partial charge in [-0.05, 0) is 31.2 Å². The lowest BCUT2D eigenvalue weighted by Gasteiger charge is -2.13. The first-order valence-corrected chi connectivity index (χ1v) is 6.30. The van der Waals surface area contributed by atoms with Gasteiger partial charge in [-0.25, -0.2) is 0 Å². The normalized spacial score (nSPS) is 22.0. The first-order valence-electron chi connectivity index (χ1n) is 6.30. The number of hydrogen-bond acceptors (Lipinski definition) is 3. The molecule has 3 N–H and O–H groups in total. The lowest BCUT2D eigenvalue weighted by Crippen LogP contribution is -2.29. The second-order valence-corrected chi connectivity index (χ2v) is 4.58. The van der Waals surface area contributed by atoms with E-state index >= 15 is 0 Å². The van der Waals surface area contributed by atoms with Crippen LogP contribution in [0.3, 0.4) is 0 Å². The van der Waals surface area contributed by atoms with Crippen LogP contribution in [0.25, 0.3) is 0 Å². The molecule has 1 fully saturated rings. The van der Waals surface area contributed by atoms with Crippen LogP contribution in [0.4, 0.5) is 0 Å². The van der Waals surface area contributed by atoms with Gasteiger partial charge >= 0.3 is 0 Å². The summed E-state index contributed by atoms with van der Waals surface area (Å²) in [6.45, 7) is 5.18. The van der Waals surface area contributed by atoms with E-state index in [1.807, 2.05) is 0 Å². The molecule has 4 heteroatoms. The maximum absolute atomic E-state index is 11.5.